The zero-order valence-electron chi connectivity index (χ0n) is 18.3. The number of alkyl halides is 1. The number of rotatable bonds is 3. The molecule has 2 aliphatic carbocycles. The second kappa shape index (κ2) is 8.40. The second-order valence-electron chi connectivity index (χ2n) is 10.9. The van der Waals surface area contributed by atoms with Gasteiger partial charge < -0.3 is 15.5 Å². The molecule has 2 saturated carbocycles. The van der Waals surface area contributed by atoms with Crippen LogP contribution in [0.5, 0.6) is 0 Å². The van der Waals surface area contributed by atoms with E-state index in [0.29, 0.717) is 42.5 Å². The first-order valence-corrected chi connectivity index (χ1v) is 12.5. The van der Waals surface area contributed by atoms with Gasteiger partial charge in [0.15, 0.2) is 0 Å². The van der Waals surface area contributed by atoms with Crippen molar-refractivity contribution in [3.05, 3.63) is 0 Å². The van der Waals surface area contributed by atoms with Gasteiger partial charge in [-0.15, -0.1) is 0 Å². The molecule has 5 nitrogen and oxygen atoms in total. The summed E-state index contributed by atoms with van der Waals surface area (Å²) in [6.45, 7) is 3.12. The van der Waals surface area contributed by atoms with Crippen molar-refractivity contribution < 1.29 is 14.0 Å². The van der Waals surface area contributed by atoms with Gasteiger partial charge in [-0.25, -0.2) is 4.39 Å². The molecular formula is C24H38FN3O2. The molecule has 0 bridgehead atoms. The summed E-state index contributed by atoms with van der Waals surface area (Å²) < 4.78 is 14.4. The summed E-state index contributed by atoms with van der Waals surface area (Å²) in [6, 6.07) is 0.644. The number of hydrogen-bond donors (Lipinski definition) is 2. The molecule has 9 atom stereocenters. The normalized spacial score (nSPS) is 46.4. The van der Waals surface area contributed by atoms with E-state index in [-0.39, 0.29) is 30.0 Å². The Morgan fingerprint density at radius 3 is 2.73 bits per heavy atom. The first kappa shape index (κ1) is 20.7. The fourth-order valence-electron chi connectivity index (χ4n) is 7.43. The first-order valence-electron chi connectivity index (χ1n) is 12.5. The molecule has 6 heteroatoms. The van der Waals surface area contributed by atoms with Gasteiger partial charge in [0.25, 0.3) is 0 Å². The molecule has 5 rings (SSSR count). The Balaban J connectivity index is 1.14. The van der Waals surface area contributed by atoms with E-state index < -0.39 is 6.17 Å². The van der Waals surface area contributed by atoms with E-state index in [0.717, 1.165) is 51.5 Å². The Kier molecular flexibility index (Phi) is 5.80. The molecule has 3 saturated heterocycles. The summed E-state index contributed by atoms with van der Waals surface area (Å²) in [4.78, 5) is 27.1. The van der Waals surface area contributed by atoms with Crippen LogP contribution in [-0.2, 0) is 9.59 Å². The third-order valence-corrected chi connectivity index (χ3v) is 9.15. The molecule has 0 spiro atoms. The van der Waals surface area contributed by atoms with Crippen molar-refractivity contribution in [3.63, 3.8) is 0 Å². The van der Waals surface area contributed by atoms with Crippen LogP contribution in [0.25, 0.3) is 0 Å². The minimum atomic E-state index is -0.760. The minimum absolute atomic E-state index is 0.00270. The molecule has 2 amide bonds. The number of fused-ring (bicyclic) bond motifs is 2. The summed E-state index contributed by atoms with van der Waals surface area (Å²) in [5, 5.41) is 6.81. The van der Waals surface area contributed by atoms with Crippen LogP contribution in [0.3, 0.4) is 0 Å². The molecule has 3 heterocycles. The summed E-state index contributed by atoms with van der Waals surface area (Å²) in [5.41, 5.74) is 0. The fourth-order valence-corrected chi connectivity index (χ4v) is 7.43. The second-order valence-corrected chi connectivity index (χ2v) is 10.9. The Morgan fingerprint density at radius 1 is 1.07 bits per heavy atom. The lowest BCUT2D eigenvalue weighted by Crippen LogP contribution is -2.50. The van der Waals surface area contributed by atoms with Gasteiger partial charge in [-0.2, -0.15) is 0 Å². The molecular weight excluding hydrogens is 381 g/mol. The average Bonchev–Trinajstić information content (AvgIpc) is 3.36. The zero-order chi connectivity index (χ0) is 20.8. The number of nitrogens with zero attached hydrogens (tertiary/aromatic N) is 1. The summed E-state index contributed by atoms with van der Waals surface area (Å²) >= 11 is 0. The van der Waals surface area contributed by atoms with Crippen molar-refractivity contribution in [1.82, 2.24) is 15.5 Å². The van der Waals surface area contributed by atoms with Gasteiger partial charge in [-0.1, -0.05) is 19.8 Å². The third-order valence-electron chi connectivity index (χ3n) is 9.15. The predicted octanol–water partition coefficient (Wildman–Crippen LogP) is 3.18. The maximum Gasteiger partial charge on any atom is 0.237 e. The predicted molar refractivity (Wildman–Crippen MR) is 113 cm³/mol. The Labute approximate surface area is 179 Å². The lowest BCUT2D eigenvalue weighted by atomic mass is 9.72. The molecule has 0 radical (unpaired) electrons. The van der Waals surface area contributed by atoms with E-state index in [9.17, 15) is 14.0 Å². The highest BCUT2D eigenvalue weighted by Gasteiger charge is 2.47. The van der Waals surface area contributed by atoms with E-state index in [2.05, 4.69) is 22.5 Å². The van der Waals surface area contributed by atoms with E-state index in [1.165, 1.54) is 12.8 Å². The highest BCUT2D eigenvalue weighted by Crippen LogP contribution is 2.41. The molecule has 3 aliphatic heterocycles. The third kappa shape index (κ3) is 3.89. The molecule has 2 N–H and O–H groups in total. The van der Waals surface area contributed by atoms with E-state index >= 15 is 0 Å². The van der Waals surface area contributed by atoms with Gasteiger partial charge in [0.2, 0.25) is 11.8 Å². The molecule has 0 aromatic carbocycles. The highest BCUT2D eigenvalue weighted by atomic mass is 19.1. The monoisotopic (exact) mass is 419 g/mol. The summed E-state index contributed by atoms with van der Waals surface area (Å²) in [7, 11) is 0. The van der Waals surface area contributed by atoms with Crippen molar-refractivity contribution in [2.75, 3.05) is 6.54 Å². The highest BCUT2D eigenvalue weighted by molar-refractivity contribution is 5.82. The molecule has 30 heavy (non-hydrogen) atoms. The van der Waals surface area contributed by atoms with Crippen LogP contribution in [0.2, 0.25) is 0 Å². The van der Waals surface area contributed by atoms with Crippen LogP contribution >= 0.6 is 0 Å². The number of carbonyl (C=O) groups is 2. The van der Waals surface area contributed by atoms with Gasteiger partial charge in [0, 0.05) is 37.0 Å². The van der Waals surface area contributed by atoms with Crippen LogP contribution in [0.15, 0.2) is 0 Å². The van der Waals surface area contributed by atoms with E-state index in [4.69, 9.17) is 0 Å². The standard InChI is InChI=1S/C24H38FN3O2/c1-14-5-7-20(25)19-13-21(27-23(14)19)24(30)26-17-4-2-3-15(11-17)16-9-10-28-18(12-16)6-8-22(28)29/h14-21,23,27H,2-13H2,1H3,(H,26,30)/t14?,15?,16-,17?,18-,19?,20?,21?,23?/m0/s1. The molecule has 5 aliphatic rings. The first-order chi connectivity index (χ1) is 14.5. The Hall–Kier alpha value is -1.17. The van der Waals surface area contributed by atoms with Crippen molar-refractivity contribution >= 4 is 11.8 Å². The van der Waals surface area contributed by atoms with Gasteiger partial charge in [0.1, 0.15) is 6.17 Å². The number of piperidine rings is 1. The lowest BCUT2D eigenvalue weighted by molar-refractivity contribution is -0.130. The molecule has 168 valence electrons. The quantitative estimate of drug-likeness (QED) is 0.739. The van der Waals surface area contributed by atoms with E-state index in [1.54, 1.807) is 0 Å². The number of amides is 2. The van der Waals surface area contributed by atoms with Crippen LogP contribution in [0.4, 0.5) is 4.39 Å². The van der Waals surface area contributed by atoms with E-state index in [1.807, 2.05) is 0 Å². The molecule has 0 aromatic heterocycles. The van der Waals surface area contributed by atoms with Gasteiger partial charge >= 0.3 is 0 Å². The zero-order valence-corrected chi connectivity index (χ0v) is 18.3. The van der Waals surface area contributed by atoms with Gasteiger partial charge in [0.05, 0.1) is 6.04 Å². The smallest absolute Gasteiger partial charge is 0.237 e. The van der Waals surface area contributed by atoms with Crippen molar-refractivity contribution in [1.29, 1.82) is 0 Å². The Bertz CT molecular complexity index is 655. The Morgan fingerprint density at radius 2 is 1.90 bits per heavy atom. The lowest BCUT2D eigenvalue weighted by Gasteiger charge is -2.41. The largest absolute Gasteiger partial charge is 0.352 e. The SMILES string of the molecule is CC1CCC(F)C2CC(C(=O)NC3CCCC([C@H]4CCN5C(=O)CC[C@H]5C4)C3)NC12. The number of nitrogens with one attached hydrogen (secondary N) is 2. The summed E-state index contributed by atoms with van der Waals surface area (Å²) in [6.07, 6.45) is 10.0. The fraction of sp³-hybridized carbons (Fsp3) is 0.917. The minimum Gasteiger partial charge on any atom is -0.352 e. The van der Waals surface area contributed by atoms with Crippen LogP contribution < -0.4 is 10.6 Å². The van der Waals surface area contributed by atoms with Crippen molar-refractivity contribution in [2.24, 2.45) is 23.7 Å². The maximum absolute atomic E-state index is 14.4. The van der Waals surface area contributed by atoms with Crippen LogP contribution in [-0.4, -0.2) is 53.6 Å². The van der Waals surface area contributed by atoms with Crippen molar-refractivity contribution in [2.45, 2.75) is 108 Å². The van der Waals surface area contributed by atoms with Crippen LogP contribution in [0.1, 0.15) is 77.6 Å². The average molecular weight is 420 g/mol. The number of hydrogen-bond acceptors (Lipinski definition) is 3. The van der Waals surface area contributed by atoms with Crippen LogP contribution in [0, 0.1) is 23.7 Å². The summed E-state index contributed by atoms with van der Waals surface area (Å²) in [5.74, 6) is 2.25. The molecule has 0 aromatic rings. The van der Waals surface area contributed by atoms with Gasteiger partial charge in [-0.3, -0.25) is 9.59 Å². The van der Waals surface area contributed by atoms with Crippen molar-refractivity contribution in [3.8, 4) is 0 Å². The number of halogens is 1. The maximum atomic E-state index is 14.4. The topological polar surface area (TPSA) is 61.4 Å². The van der Waals surface area contributed by atoms with Gasteiger partial charge in [-0.05, 0) is 69.1 Å². The molecule has 7 unspecified atom stereocenters. The molecule has 5 fully saturated rings. The number of carbonyl (C=O) groups excluding carboxylic acids is 2.